The number of fused-ring (bicyclic) bond motifs is 1. The van der Waals surface area contributed by atoms with Crippen LogP contribution >= 0.6 is 0 Å². The highest BCUT2D eigenvalue weighted by Gasteiger charge is 2.69. The molecule has 0 radical (unpaired) electrons. The van der Waals surface area contributed by atoms with Gasteiger partial charge in [0.15, 0.2) is 5.79 Å². The number of rotatable bonds is 0. The average molecular weight is 186 g/mol. The van der Waals surface area contributed by atoms with E-state index >= 15 is 0 Å². The van der Waals surface area contributed by atoms with Crippen molar-refractivity contribution >= 4 is 0 Å². The van der Waals surface area contributed by atoms with Crippen LogP contribution in [-0.4, -0.2) is 17.4 Å². The van der Waals surface area contributed by atoms with Gasteiger partial charge in [0.2, 0.25) is 11.6 Å². The second-order valence-corrected chi connectivity index (χ2v) is 4.63. The van der Waals surface area contributed by atoms with Crippen LogP contribution in [0.4, 0.5) is 0 Å². The van der Waals surface area contributed by atoms with Gasteiger partial charge >= 0.3 is 0 Å². The van der Waals surface area contributed by atoms with Gasteiger partial charge in [-0.25, -0.2) is 0 Å². The quantitative estimate of drug-likeness (QED) is 0.538. The normalized spacial score (nSPS) is 64.4. The molecule has 4 aliphatic heterocycles. The number of ether oxygens (including phenoxy) is 2. The van der Waals surface area contributed by atoms with Gasteiger partial charge in [-0.1, -0.05) is 0 Å². The van der Waals surface area contributed by atoms with E-state index in [9.17, 15) is 0 Å². The SMILES string of the molecule is CC12CCC3[C@@](C)(OO[C@]3(C)O1)O2. The fourth-order valence-corrected chi connectivity index (χ4v) is 2.85. The molecule has 4 saturated heterocycles. The molecule has 0 aliphatic carbocycles. The molecule has 4 heteroatoms. The zero-order valence-corrected chi connectivity index (χ0v) is 8.12. The average Bonchev–Trinajstić information content (AvgIpc) is 2.17. The smallest absolute Gasteiger partial charge is 0.209 e. The summed E-state index contributed by atoms with van der Waals surface area (Å²) in [7, 11) is 0. The topological polar surface area (TPSA) is 36.9 Å². The van der Waals surface area contributed by atoms with Gasteiger partial charge in [0.25, 0.3) is 0 Å². The summed E-state index contributed by atoms with van der Waals surface area (Å²) in [5.74, 6) is -1.57. The summed E-state index contributed by atoms with van der Waals surface area (Å²) in [5, 5.41) is 0. The molecule has 4 nitrogen and oxygen atoms in total. The molecule has 0 spiro atoms. The minimum Gasteiger partial charge on any atom is -0.315 e. The highest BCUT2D eigenvalue weighted by Crippen LogP contribution is 2.58. The standard InChI is InChI=1S/C9H14O4/c1-7-5-4-6-8(2,10-7)12-13-9(6,3)11-7/h6H,4-5H2,1-3H3/t6?,7?,8-,9+. The first-order chi connectivity index (χ1) is 5.96. The van der Waals surface area contributed by atoms with Gasteiger partial charge in [-0.05, 0) is 27.2 Å². The zero-order valence-electron chi connectivity index (χ0n) is 8.12. The van der Waals surface area contributed by atoms with E-state index in [-0.39, 0.29) is 5.92 Å². The van der Waals surface area contributed by atoms with Crippen LogP contribution in [0.5, 0.6) is 0 Å². The van der Waals surface area contributed by atoms with E-state index in [1.54, 1.807) is 0 Å². The molecule has 0 N–H and O–H groups in total. The molecule has 2 unspecified atom stereocenters. The Labute approximate surface area is 77.0 Å². The van der Waals surface area contributed by atoms with Gasteiger partial charge in [0.1, 0.15) is 0 Å². The van der Waals surface area contributed by atoms with Crippen molar-refractivity contribution in [1.82, 2.24) is 0 Å². The molecule has 4 rings (SSSR count). The molecule has 0 aromatic heterocycles. The van der Waals surface area contributed by atoms with Crippen LogP contribution in [-0.2, 0) is 19.2 Å². The van der Waals surface area contributed by atoms with Gasteiger partial charge in [0.05, 0.1) is 5.92 Å². The molecule has 0 aromatic rings. The largest absolute Gasteiger partial charge is 0.315 e. The lowest BCUT2D eigenvalue weighted by atomic mass is 9.80. The lowest BCUT2D eigenvalue weighted by Crippen LogP contribution is -2.63. The molecule has 4 heterocycles. The Kier molecular flexibility index (Phi) is 1.21. The minimum absolute atomic E-state index is 0.182. The molecule has 4 atom stereocenters. The Hall–Kier alpha value is -0.160. The Balaban J connectivity index is 2.08. The van der Waals surface area contributed by atoms with E-state index in [1.165, 1.54) is 0 Å². The maximum absolute atomic E-state index is 5.75. The second-order valence-electron chi connectivity index (χ2n) is 4.63. The van der Waals surface area contributed by atoms with E-state index in [0.717, 1.165) is 12.8 Å². The lowest BCUT2D eigenvalue weighted by Gasteiger charge is -2.52. The molecule has 0 saturated carbocycles. The fraction of sp³-hybridized carbons (Fsp3) is 1.00. The molecule has 0 aromatic carbocycles. The van der Waals surface area contributed by atoms with Crippen molar-refractivity contribution in [2.24, 2.45) is 5.92 Å². The molecule has 74 valence electrons. The van der Waals surface area contributed by atoms with Gasteiger partial charge in [-0.2, -0.15) is 9.78 Å². The molecule has 4 fully saturated rings. The number of hydrogen-bond donors (Lipinski definition) is 0. The van der Waals surface area contributed by atoms with E-state index in [4.69, 9.17) is 19.2 Å². The van der Waals surface area contributed by atoms with E-state index in [2.05, 4.69) is 0 Å². The Morgan fingerprint density at radius 1 is 1.00 bits per heavy atom. The molecule has 13 heavy (non-hydrogen) atoms. The summed E-state index contributed by atoms with van der Waals surface area (Å²) in [5.41, 5.74) is 0. The van der Waals surface area contributed by atoms with Crippen LogP contribution in [0.1, 0.15) is 33.6 Å². The maximum atomic E-state index is 5.75. The maximum Gasteiger partial charge on any atom is 0.209 e. The summed E-state index contributed by atoms with van der Waals surface area (Å²) in [6.45, 7) is 5.78. The highest BCUT2D eigenvalue weighted by atomic mass is 17.3. The summed E-state index contributed by atoms with van der Waals surface area (Å²) in [6, 6.07) is 0. The fourth-order valence-electron chi connectivity index (χ4n) is 2.85. The summed E-state index contributed by atoms with van der Waals surface area (Å²) < 4.78 is 11.5. The van der Waals surface area contributed by atoms with Crippen molar-refractivity contribution in [2.75, 3.05) is 0 Å². The van der Waals surface area contributed by atoms with Crippen molar-refractivity contribution in [2.45, 2.75) is 51.0 Å². The lowest BCUT2D eigenvalue weighted by molar-refractivity contribution is -0.421. The van der Waals surface area contributed by atoms with Crippen molar-refractivity contribution in [3.63, 3.8) is 0 Å². The third kappa shape index (κ3) is 0.845. The minimum atomic E-state index is -0.611. The summed E-state index contributed by atoms with van der Waals surface area (Å²) >= 11 is 0. The molecular formula is C9H14O4. The third-order valence-corrected chi connectivity index (χ3v) is 3.36. The second kappa shape index (κ2) is 1.93. The first-order valence-electron chi connectivity index (χ1n) is 4.73. The van der Waals surface area contributed by atoms with Crippen molar-refractivity contribution < 1.29 is 19.2 Å². The molecule has 4 bridgehead atoms. The molecular weight excluding hydrogens is 172 g/mol. The predicted molar refractivity (Wildman–Crippen MR) is 42.3 cm³/mol. The summed E-state index contributed by atoms with van der Waals surface area (Å²) in [4.78, 5) is 10.4. The van der Waals surface area contributed by atoms with Crippen LogP contribution in [0, 0.1) is 5.92 Å². The predicted octanol–water partition coefficient (Wildman–Crippen LogP) is 1.55. The van der Waals surface area contributed by atoms with E-state index in [0.29, 0.717) is 0 Å². The van der Waals surface area contributed by atoms with Gasteiger partial charge in [-0.15, -0.1) is 0 Å². The first-order valence-corrected chi connectivity index (χ1v) is 4.73. The Bertz CT molecular complexity index is 246. The van der Waals surface area contributed by atoms with Crippen LogP contribution in [0.15, 0.2) is 0 Å². The molecule has 4 aliphatic rings. The van der Waals surface area contributed by atoms with Gasteiger partial charge < -0.3 is 9.47 Å². The molecule has 0 amide bonds. The van der Waals surface area contributed by atoms with Gasteiger partial charge in [-0.3, -0.25) is 0 Å². The van der Waals surface area contributed by atoms with Crippen LogP contribution in [0.2, 0.25) is 0 Å². The third-order valence-electron chi connectivity index (χ3n) is 3.36. The van der Waals surface area contributed by atoms with E-state index < -0.39 is 17.4 Å². The number of hydrogen-bond acceptors (Lipinski definition) is 4. The van der Waals surface area contributed by atoms with Crippen molar-refractivity contribution in [1.29, 1.82) is 0 Å². The summed E-state index contributed by atoms with van der Waals surface area (Å²) in [6.07, 6.45) is 1.94. The van der Waals surface area contributed by atoms with Crippen LogP contribution in [0.3, 0.4) is 0 Å². The Morgan fingerprint density at radius 2 is 1.54 bits per heavy atom. The van der Waals surface area contributed by atoms with E-state index in [1.807, 2.05) is 20.8 Å². The van der Waals surface area contributed by atoms with Crippen LogP contribution in [0.25, 0.3) is 0 Å². The van der Waals surface area contributed by atoms with Gasteiger partial charge in [0, 0.05) is 6.42 Å². The van der Waals surface area contributed by atoms with Crippen molar-refractivity contribution in [3.05, 3.63) is 0 Å². The zero-order chi connectivity index (χ0) is 9.32. The first kappa shape index (κ1) is 8.17. The monoisotopic (exact) mass is 186 g/mol. The highest BCUT2D eigenvalue weighted by molar-refractivity contribution is 5.00. The Morgan fingerprint density at radius 3 is 2.00 bits per heavy atom. The van der Waals surface area contributed by atoms with Crippen LogP contribution < -0.4 is 0 Å². The van der Waals surface area contributed by atoms with Crippen molar-refractivity contribution in [3.8, 4) is 0 Å².